The predicted molar refractivity (Wildman–Crippen MR) is 68.6 cm³/mol. The van der Waals surface area contributed by atoms with Gasteiger partial charge in [0.25, 0.3) is 0 Å². The zero-order chi connectivity index (χ0) is 13.0. The highest BCUT2D eigenvalue weighted by Crippen LogP contribution is 2.42. The summed E-state index contributed by atoms with van der Waals surface area (Å²) in [6.45, 7) is 15.4. The summed E-state index contributed by atoms with van der Waals surface area (Å²) in [5.41, 5.74) is -0.508. The molecule has 0 unspecified atom stereocenters. The van der Waals surface area contributed by atoms with Crippen LogP contribution in [0.15, 0.2) is 0 Å². The van der Waals surface area contributed by atoms with Gasteiger partial charge in [0.05, 0.1) is 5.60 Å². The number of hydrogen-bond donors (Lipinski definition) is 0. The molecule has 0 aromatic heterocycles. The fraction of sp³-hybridized carbons (Fsp3) is 0.929. The van der Waals surface area contributed by atoms with E-state index in [9.17, 15) is 4.79 Å². The second kappa shape index (κ2) is 5.31. The fourth-order valence-corrected chi connectivity index (χ4v) is 1.95. The molecule has 0 saturated carbocycles. The Labute approximate surface area is 101 Å². The number of hydrogen-bond acceptors (Lipinski definition) is 2. The van der Waals surface area contributed by atoms with Crippen molar-refractivity contribution in [2.24, 2.45) is 10.8 Å². The summed E-state index contributed by atoms with van der Waals surface area (Å²) in [6, 6.07) is 0. The molecule has 0 bridgehead atoms. The van der Waals surface area contributed by atoms with Gasteiger partial charge < -0.3 is 9.53 Å². The molecular weight excluding hydrogens is 200 g/mol. The molecule has 0 radical (unpaired) electrons. The minimum absolute atomic E-state index is 0.0212. The zero-order valence-electron chi connectivity index (χ0n) is 12.0. The normalized spacial score (nSPS) is 13.9. The highest BCUT2D eigenvalue weighted by Gasteiger charge is 2.41. The van der Waals surface area contributed by atoms with Crippen LogP contribution < -0.4 is 0 Å². The maximum absolute atomic E-state index is 11.0. The van der Waals surface area contributed by atoms with Crippen molar-refractivity contribution in [3.05, 3.63) is 0 Å². The minimum atomic E-state index is -0.281. The van der Waals surface area contributed by atoms with Crippen molar-refractivity contribution in [1.82, 2.24) is 0 Å². The summed E-state index contributed by atoms with van der Waals surface area (Å²) in [4.78, 5) is 11.0. The molecule has 0 aliphatic carbocycles. The molecule has 0 rings (SSSR count). The largest absolute Gasteiger partial charge is 0.375 e. The van der Waals surface area contributed by atoms with Gasteiger partial charge in [-0.05, 0) is 32.1 Å². The third-order valence-electron chi connectivity index (χ3n) is 3.51. The summed E-state index contributed by atoms with van der Waals surface area (Å²) in [6.07, 6.45) is 2.90. The highest BCUT2D eigenvalue weighted by molar-refractivity contribution is 5.58. The smallest absolute Gasteiger partial charge is 0.125 e. The summed E-state index contributed by atoms with van der Waals surface area (Å²) in [5.74, 6) is 0. The van der Waals surface area contributed by atoms with Gasteiger partial charge in [0.1, 0.15) is 6.29 Å². The molecule has 0 aromatic rings. The Morgan fingerprint density at radius 1 is 1.06 bits per heavy atom. The topological polar surface area (TPSA) is 26.3 Å². The quantitative estimate of drug-likeness (QED) is 0.619. The minimum Gasteiger partial charge on any atom is -0.375 e. The van der Waals surface area contributed by atoms with Crippen LogP contribution in [0.5, 0.6) is 0 Å². The molecule has 0 aliphatic heterocycles. The molecule has 0 amide bonds. The van der Waals surface area contributed by atoms with E-state index in [0.717, 1.165) is 25.7 Å². The maximum Gasteiger partial charge on any atom is 0.125 e. The first-order valence-electron chi connectivity index (χ1n) is 6.18. The molecule has 0 heterocycles. The third kappa shape index (κ3) is 4.25. The van der Waals surface area contributed by atoms with Crippen LogP contribution in [0, 0.1) is 10.8 Å². The first-order chi connectivity index (χ1) is 7.08. The molecule has 16 heavy (non-hydrogen) atoms. The van der Waals surface area contributed by atoms with E-state index in [4.69, 9.17) is 4.74 Å². The van der Waals surface area contributed by atoms with Gasteiger partial charge in [-0.1, -0.05) is 34.6 Å². The van der Waals surface area contributed by atoms with Gasteiger partial charge in [-0.3, -0.25) is 0 Å². The second-order valence-corrected chi connectivity index (χ2v) is 6.53. The van der Waals surface area contributed by atoms with Gasteiger partial charge in [0.2, 0.25) is 0 Å². The molecule has 0 N–H and O–H groups in total. The van der Waals surface area contributed by atoms with Crippen molar-refractivity contribution in [2.75, 3.05) is 6.61 Å². The fourth-order valence-electron chi connectivity index (χ4n) is 1.95. The lowest BCUT2D eigenvalue weighted by molar-refractivity contribution is -0.127. The van der Waals surface area contributed by atoms with Crippen LogP contribution in [0.3, 0.4) is 0 Å². The SMILES string of the molecule is CCCOC(C)(C)C(C)(C)CC(C)(C)C=O. The molecule has 0 atom stereocenters. The van der Waals surface area contributed by atoms with Crippen molar-refractivity contribution in [3.8, 4) is 0 Å². The Morgan fingerprint density at radius 2 is 1.56 bits per heavy atom. The summed E-state index contributed by atoms with van der Waals surface area (Å²) < 4.78 is 5.92. The summed E-state index contributed by atoms with van der Waals surface area (Å²) in [5, 5.41) is 0. The van der Waals surface area contributed by atoms with E-state index in [1.165, 1.54) is 0 Å². The second-order valence-electron chi connectivity index (χ2n) is 6.53. The van der Waals surface area contributed by atoms with Crippen LogP contribution in [-0.2, 0) is 9.53 Å². The van der Waals surface area contributed by atoms with Crippen molar-refractivity contribution >= 4 is 6.29 Å². The Kier molecular flexibility index (Phi) is 5.18. The molecule has 0 fully saturated rings. The van der Waals surface area contributed by atoms with E-state index in [-0.39, 0.29) is 16.4 Å². The molecular formula is C14H28O2. The third-order valence-corrected chi connectivity index (χ3v) is 3.51. The van der Waals surface area contributed by atoms with Crippen molar-refractivity contribution < 1.29 is 9.53 Å². The Hall–Kier alpha value is -0.370. The lowest BCUT2D eigenvalue weighted by Crippen LogP contribution is -2.44. The van der Waals surface area contributed by atoms with E-state index >= 15 is 0 Å². The zero-order valence-corrected chi connectivity index (χ0v) is 12.0. The van der Waals surface area contributed by atoms with E-state index in [1.807, 2.05) is 13.8 Å². The average molecular weight is 228 g/mol. The Bertz CT molecular complexity index is 227. The Morgan fingerprint density at radius 3 is 1.94 bits per heavy atom. The molecule has 96 valence electrons. The van der Waals surface area contributed by atoms with Crippen LogP contribution >= 0.6 is 0 Å². The highest BCUT2D eigenvalue weighted by atomic mass is 16.5. The number of aldehydes is 1. The van der Waals surface area contributed by atoms with Gasteiger partial charge in [0.15, 0.2) is 0 Å². The van der Waals surface area contributed by atoms with Crippen molar-refractivity contribution in [1.29, 1.82) is 0 Å². The van der Waals surface area contributed by atoms with Crippen LogP contribution in [0.1, 0.15) is 61.3 Å². The van der Waals surface area contributed by atoms with Crippen LogP contribution in [0.25, 0.3) is 0 Å². The number of rotatable bonds is 7. The Balaban J connectivity index is 4.69. The van der Waals surface area contributed by atoms with Gasteiger partial charge in [0, 0.05) is 12.0 Å². The number of carbonyl (C=O) groups is 1. The summed E-state index contributed by atoms with van der Waals surface area (Å²) >= 11 is 0. The molecule has 0 aromatic carbocycles. The molecule has 0 aliphatic rings. The van der Waals surface area contributed by atoms with E-state index in [2.05, 4.69) is 34.6 Å². The maximum atomic E-state index is 11.0. The standard InChI is InChI=1S/C14H28O2/c1-8-9-16-14(6,7)13(4,5)10-12(2,3)11-15/h11H,8-10H2,1-7H3. The van der Waals surface area contributed by atoms with E-state index < -0.39 is 0 Å². The van der Waals surface area contributed by atoms with E-state index in [1.54, 1.807) is 0 Å². The van der Waals surface area contributed by atoms with Crippen LogP contribution in [0.2, 0.25) is 0 Å². The predicted octanol–water partition coefficient (Wildman–Crippen LogP) is 3.83. The summed E-state index contributed by atoms with van der Waals surface area (Å²) in [7, 11) is 0. The van der Waals surface area contributed by atoms with Gasteiger partial charge in [-0.2, -0.15) is 0 Å². The van der Waals surface area contributed by atoms with Gasteiger partial charge >= 0.3 is 0 Å². The number of ether oxygens (including phenoxy) is 1. The first-order valence-corrected chi connectivity index (χ1v) is 6.18. The lowest BCUT2D eigenvalue weighted by atomic mass is 9.67. The first kappa shape index (κ1) is 15.6. The number of carbonyl (C=O) groups excluding carboxylic acids is 1. The van der Waals surface area contributed by atoms with Crippen molar-refractivity contribution in [3.63, 3.8) is 0 Å². The molecule has 0 saturated heterocycles. The molecule has 2 heteroatoms. The lowest BCUT2D eigenvalue weighted by Gasteiger charge is -2.44. The van der Waals surface area contributed by atoms with Crippen molar-refractivity contribution in [2.45, 2.75) is 66.9 Å². The monoisotopic (exact) mass is 228 g/mol. The molecule has 2 nitrogen and oxygen atoms in total. The van der Waals surface area contributed by atoms with Crippen LogP contribution in [-0.4, -0.2) is 18.5 Å². The average Bonchev–Trinajstić information content (AvgIpc) is 2.13. The van der Waals surface area contributed by atoms with Gasteiger partial charge in [-0.15, -0.1) is 0 Å². The van der Waals surface area contributed by atoms with Crippen LogP contribution in [0.4, 0.5) is 0 Å². The van der Waals surface area contributed by atoms with E-state index in [0.29, 0.717) is 0 Å². The molecule has 0 spiro atoms. The van der Waals surface area contributed by atoms with Gasteiger partial charge in [-0.25, -0.2) is 0 Å².